The highest BCUT2D eigenvalue weighted by atomic mass is 79.9. The van der Waals surface area contributed by atoms with Crippen LogP contribution in [0.15, 0.2) is 38.2 Å². The lowest BCUT2D eigenvalue weighted by Gasteiger charge is -2.08. The third-order valence-corrected chi connectivity index (χ3v) is 3.60. The van der Waals surface area contributed by atoms with E-state index in [4.69, 9.17) is 0 Å². The van der Waals surface area contributed by atoms with E-state index in [0.29, 0.717) is 6.54 Å². The molecule has 0 heterocycles. The Labute approximate surface area is 114 Å². The van der Waals surface area contributed by atoms with Gasteiger partial charge in [-0.3, -0.25) is 4.79 Å². The highest BCUT2D eigenvalue weighted by molar-refractivity contribution is 9.11. The van der Waals surface area contributed by atoms with Crippen LogP contribution in [-0.2, 0) is 11.3 Å². The van der Waals surface area contributed by atoms with E-state index in [2.05, 4.69) is 59.7 Å². The molecule has 1 aromatic carbocycles. The third-order valence-electron chi connectivity index (χ3n) is 1.73. The van der Waals surface area contributed by atoms with Crippen LogP contribution in [0.5, 0.6) is 0 Å². The second kappa shape index (κ2) is 5.82. The Morgan fingerprint density at radius 3 is 2.33 bits per heavy atom. The van der Waals surface area contributed by atoms with Crippen molar-refractivity contribution < 1.29 is 4.79 Å². The maximum Gasteiger partial charge on any atom is 0.243 e. The van der Waals surface area contributed by atoms with Crippen LogP contribution in [0.2, 0.25) is 0 Å². The Hall–Kier alpha value is -0.130. The lowest BCUT2D eigenvalue weighted by Crippen LogP contribution is -2.20. The van der Waals surface area contributed by atoms with Gasteiger partial charge in [0.2, 0.25) is 5.91 Å². The van der Waals surface area contributed by atoms with Gasteiger partial charge in [0.15, 0.2) is 0 Å². The van der Waals surface area contributed by atoms with Crippen molar-refractivity contribution in [1.29, 1.82) is 0 Å². The molecule has 0 fully saturated rings. The zero-order chi connectivity index (χ0) is 11.4. The SMILES string of the molecule is C=CC(=O)NCc1c(Br)cc(Br)cc1Br. The second-order valence-corrected chi connectivity index (χ2v) is 5.39. The standard InChI is InChI=1S/C10H8Br3NO/c1-2-10(15)14-5-7-8(12)3-6(11)4-9(7)13/h2-4H,1,5H2,(H,14,15). The molecule has 15 heavy (non-hydrogen) atoms. The van der Waals surface area contributed by atoms with E-state index in [0.717, 1.165) is 19.0 Å². The van der Waals surface area contributed by atoms with E-state index in [1.165, 1.54) is 6.08 Å². The van der Waals surface area contributed by atoms with Crippen molar-refractivity contribution in [3.8, 4) is 0 Å². The van der Waals surface area contributed by atoms with Gasteiger partial charge in [-0.25, -0.2) is 0 Å². The molecular weight excluding hydrogens is 390 g/mol. The third kappa shape index (κ3) is 3.74. The summed E-state index contributed by atoms with van der Waals surface area (Å²) >= 11 is 10.2. The molecule has 80 valence electrons. The van der Waals surface area contributed by atoms with Crippen molar-refractivity contribution in [2.45, 2.75) is 6.54 Å². The summed E-state index contributed by atoms with van der Waals surface area (Å²) in [4.78, 5) is 11.0. The van der Waals surface area contributed by atoms with Crippen molar-refractivity contribution in [1.82, 2.24) is 5.32 Å². The number of halogens is 3. The molecule has 1 N–H and O–H groups in total. The summed E-state index contributed by atoms with van der Waals surface area (Å²) in [7, 11) is 0. The molecule has 0 aromatic heterocycles. The number of amides is 1. The fraction of sp³-hybridized carbons (Fsp3) is 0.100. The monoisotopic (exact) mass is 395 g/mol. The van der Waals surface area contributed by atoms with Crippen LogP contribution in [-0.4, -0.2) is 5.91 Å². The van der Waals surface area contributed by atoms with E-state index >= 15 is 0 Å². The summed E-state index contributed by atoms with van der Waals surface area (Å²) in [5.74, 6) is -0.184. The van der Waals surface area contributed by atoms with E-state index in [9.17, 15) is 4.79 Å². The Morgan fingerprint density at radius 1 is 1.33 bits per heavy atom. The van der Waals surface area contributed by atoms with E-state index < -0.39 is 0 Å². The van der Waals surface area contributed by atoms with Crippen LogP contribution in [0.25, 0.3) is 0 Å². The first-order valence-corrected chi connectivity index (χ1v) is 6.46. The Kier molecular flexibility index (Phi) is 5.02. The molecule has 5 heteroatoms. The average molecular weight is 398 g/mol. The quantitative estimate of drug-likeness (QED) is 0.773. The largest absolute Gasteiger partial charge is 0.348 e. The van der Waals surface area contributed by atoms with Crippen molar-refractivity contribution >= 4 is 53.7 Å². The van der Waals surface area contributed by atoms with Gasteiger partial charge in [0.1, 0.15) is 0 Å². The molecule has 0 spiro atoms. The number of hydrogen-bond donors (Lipinski definition) is 1. The maximum absolute atomic E-state index is 11.0. The molecule has 0 saturated carbocycles. The van der Waals surface area contributed by atoms with Crippen LogP contribution in [0.4, 0.5) is 0 Å². The lowest BCUT2D eigenvalue weighted by molar-refractivity contribution is -0.116. The molecule has 1 rings (SSSR count). The molecule has 0 saturated heterocycles. The van der Waals surface area contributed by atoms with Crippen molar-refractivity contribution in [3.05, 3.63) is 43.8 Å². The predicted molar refractivity (Wildman–Crippen MR) is 71.6 cm³/mol. The normalized spacial score (nSPS) is 9.80. The maximum atomic E-state index is 11.0. The van der Waals surface area contributed by atoms with Gasteiger partial charge in [-0.05, 0) is 23.8 Å². The highest BCUT2D eigenvalue weighted by Crippen LogP contribution is 2.29. The number of benzene rings is 1. The number of rotatable bonds is 3. The molecule has 1 amide bonds. The van der Waals surface area contributed by atoms with Gasteiger partial charge in [-0.2, -0.15) is 0 Å². The first kappa shape index (κ1) is 12.9. The minimum Gasteiger partial charge on any atom is -0.348 e. The van der Waals surface area contributed by atoms with Crippen LogP contribution in [0.3, 0.4) is 0 Å². The van der Waals surface area contributed by atoms with Crippen LogP contribution < -0.4 is 5.32 Å². The van der Waals surface area contributed by atoms with Gasteiger partial charge in [-0.1, -0.05) is 54.4 Å². The fourth-order valence-electron chi connectivity index (χ4n) is 0.989. The smallest absolute Gasteiger partial charge is 0.243 e. The zero-order valence-corrected chi connectivity index (χ0v) is 12.4. The van der Waals surface area contributed by atoms with Gasteiger partial charge in [-0.15, -0.1) is 0 Å². The van der Waals surface area contributed by atoms with Crippen LogP contribution in [0.1, 0.15) is 5.56 Å². The molecule has 0 aliphatic carbocycles. The molecule has 2 nitrogen and oxygen atoms in total. The average Bonchev–Trinajstić information content (AvgIpc) is 2.15. The topological polar surface area (TPSA) is 29.1 Å². The summed E-state index contributed by atoms with van der Waals surface area (Å²) in [6.45, 7) is 3.85. The van der Waals surface area contributed by atoms with E-state index in [1.54, 1.807) is 0 Å². The van der Waals surface area contributed by atoms with Crippen LogP contribution in [0, 0.1) is 0 Å². The van der Waals surface area contributed by atoms with Gasteiger partial charge in [0.25, 0.3) is 0 Å². The number of hydrogen-bond acceptors (Lipinski definition) is 1. The zero-order valence-electron chi connectivity index (χ0n) is 7.69. The number of nitrogens with one attached hydrogen (secondary N) is 1. The first-order valence-electron chi connectivity index (χ1n) is 4.08. The minimum atomic E-state index is -0.184. The molecular formula is C10H8Br3NO. The number of carbonyl (C=O) groups is 1. The Bertz CT molecular complexity index is 381. The van der Waals surface area contributed by atoms with Gasteiger partial charge in [0, 0.05) is 20.0 Å². The number of carbonyl (C=O) groups excluding carboxylic acids is 1. The molecule has 0 unspecified atom stereocenters. The molecule has 0 atom stereocenters. The summed E-state index contributed by atoms with van der Waals surface area (Å²) in [6, 6.07) is 3.86. The first-order chi connectivity index (χ1) is 7.04. The van der Waals surface area contributed by atoms with Crippen molar-refractivity contribution in [3.63, 3.8) is 0 Å². The minimum absolute atomic E-state index is 0.184. The Balaban J connectivity index is 2.85. The van der Waals surface area contributed by atoms with Crippen molar-refractivity contribution in [2.75, 3.05) is 0 Å². The molecule has 0 aliphatic rings. The summed E-state index contributed by atoms with van der Waals surface area (Å²) in [6.07, 6.45) is 1.25. The van der Waals surface area contributed by atoms with Crippen LogP contribution >= 0.6 is 47.8 Å². The predicted octanol–water partition coefficient (Wildman–Crippen LogP) is 3.78. The molecule has 1 aromatic rings. The summed E-state index contributed by atoms with van der Waals surface area (Å²) < 4.78 is 2.85. The van der Waals surface area contributed by atoms with E-state index in [-0.39, 0.29) is 5.91 Å². The van der Waals surface area contributed by atoms with Gasteiger partial charge in [0.05, 0.1) is 0 Å². The van der Waals surface area contributed by atoms with Crippen molar-refractivity contribution in [2.24, 2.45) is 0 Å². The molecule has 0 bridgehead atoms. The highest BCUT2D eigenvalue weighted by Gasteiger charge is 2.07. The Morgan fingerprint density at radius 2 is 1.87 bits per heavy atom. The van der Waals surface area contributed by atoms with E-state index in [1.807, 2.05) is 12.1 Å². The summed E-state index contributed by atoms with van der Waals surface area (Å²) in [5, 5.41) is 2.72. The lowest BCUT2D eigenvalue weighted by atomic mass is 10.2. The molecule has 0 radical (unpaired) electrons. The summed E-state index contributed by atoms with van der Waals surface area (Å²) in [5.41, 5.74) is 0.994. The van der Waals surface area contributed by atoms with Gasteiger partial charge < -0.3 is 5.32 Å². The fourth-order valence-corrected chi connectivity index (χ4v) is 3.53. The van der Waals surface area contributed by atoms with Gasteiger partial charge >= 0.3 is 0 Å². The molecule has 0 aliphatic heterocycles. The second-order valence-electron chi connectivity index (χ2n) is 2.77.